The van der Waals surface area contributed by atoms with Crippen LogP contribution in [-0.2, 0) is 9.47 Å². The zero-order chi connectivity index (χ0) is 11.4. The highest BCUT2D eigenvalue weighted by molar-refractivity contribution is 4.79. The number of rotatable bonds is 3. The van der Waals surface area contributed by atoms with Crippen LogP contribution in [0.2, 0.25) is 0 Å². The molecule has 0 bridgehead atoms. The molecule has 1 atom stereocenters. The van der Waals surface area contributed by atoms with Crippen molar-refractivity contribution in [3.05, 3.63) is 0 Å². The molecule has 0 spiro atoms. The Balaban J connectivity index is 1.63. The first-order valence-electron chi connectivity index (χ1n) is 6.60. The van der Waals surface area contributed by atoms with Gasteiger partial charge >= 0.3 is 0 Å². The minimum absolute atomic E-state index is 0.267. The van der Waals surface area contributed by atoms with Crippen molar-refractivity contribution in [1.29, 1.82) is 0 Å². The van der Waals surface area contributed by atoms with E-state index in [9.17, 15) is 0 Å². The van der Waals surface area contributed by atoms with E-state index in [1.54, 1.807) is 0 Å². The number of hydrogen-bond acceptors (Lipinski definition) is 3. The summed E-state index contributed by atoms with van der Waals surface area (Å²) < 4.78 is 11.6. The van der Waals surface area contributed by atoms with Crippen LogP contribution in [0.25, 0.3) is 0 Å². The average molecular weight is 227 g/mol. The van der Waals surface area contributed by atoms with Crippen LogP contribution in [0.3, 0.4) is 0 Å². The third-order valence-electron chi connectivity index (χ3n) is 3.81. The van der Waals surface area contributed by atoms with Gasteiger partial charge in [-0.3, -0.25) is 0 Å². The predicted molar refractivity (Wildman–Crippen MR) is 64.6 cm³/mol. The standard InChI is InChI=1S/C13H25NO2/c1-13(2)5-3-11(4-6-13)16-10-12-9-14-7-8-15-12/h11-12,14H,3-10H2,1-2H3. The van der Waals surface area contributed by atoms with Gasteiger partial charge in [0.05, 0.1) is 25.4 Å². The lowest BCUT2D eigenvalue weighted by molar-refractivity contribution is -0.0701. The van der Waals surface area contributed by atoms with Crippen LogP contribution in [0.4, 0.5) is 0 Å². The van der Waals surface area contributed by atoms with Gasteiger partial charge in [-0.25, -0.2) is 0 Å². The van der Waals surface area contributed by atoms with Crippen molar-refractivity contribution in [3.63, 3.8) is 0 Å². The third-order valence-corrected chi connectivity index (χ3v) is 3.81. The minimum Gasteiger partial charge on any atom is -0.375 e. The van der Waals surface area contributed by atoms with Gasteiger partial charge in [-0.2, -0.15) is 0 Å². The van der Waals surface area contributed by atoms with Crippen LogP contribution in [0.5, 0.6) is 0 Å². The van der Waals surface area contributed by atoms with Crippen LogP contribution >= 0.6 is 0 Å². The average Bonchev–Trinajstić information content (AvgIpc) is 2.29. The number of ether oxygens (including phenoxy) is 2. The maximum atomic E-state index is 5.95. The smallest absolute Gasteiger partial charge is 0.0933 e. The first-order valence-corrected chi connectivity index (χ1v) is 6.60. The van der Waals surface area contributed by atoms with E-state index in [2.05, 4.69) is 19.2 Å². The molecule has 1 heterocycles. The maximum absolute atomic E-state index is 5.95. The van der Waals surface area contributed by atoms with Gasteiger partial charge in [-0.1, -0.05) is 13.8 Å². The second-order valence-electron chi connectivity index (χ2n) is 5.89. The van der Waals surface area contributed by atoms with Gasteiger partial charge in [0.25, 0.3) is 0 Å². The van der Waals surface area contributed by atoms with E-state index in [1.807, 2.05) is 0 Å². The number of morpholine rings is 1. The van der Waals surface area contributed by atoms with E-state index in [1.165, 1.54) is 25.7 Å². The topological polar surface area (TPSA) is 30.5 Å². The zero-order valence-corrected chi connectivity index (χ0v) is 10.6. The molecule has 0 radical (unpaired) electrons. The zero-order valence-electron chi connectivity index (χ0n) is 10.6. The Bertz CT molecular complexity index is 202. The molecule has 0 amide bonds. The summed E-state index contributed by atoms with van der Waals surface area (Å²) in [5, 5.41) is 3.33. The summed E-state index contributed by atoms with van der Waals surface area (Å²) in [5.41, 5.74) is 0.531. The van der Waals surface area contributed by atoms with Crippen molar-refractivity contribution in [2.24, 2.45) is 5.41 Å². The molecule has 2 aliphatic rings. The lowest BCUT2D eigenvalue weighted by Gasteiger charge is -2.35. The van der Waals surface area contributed by atoms with Crippen LogP contribution in [0, 0.1) is 5.41 Å². The van der Waals surface area contributed by atoms with Crippen LogP contribution in [0.1, 0.15) is 39.5 Å². The second kappa shape index (κ2) is 5.48. The molecule has 0 aromatic heterocycles. The fourth-order valence-electron chi connectivity index (χ4n) is 2.51. The molecular weight excluding hydrogens is 202 g/mol. The summed E-state index contributed by atoms with van der Waals surface area (Å²) in [4.78, 5) is 0. The molecule has 1 aliphatic heterocycles. The molecule has 16 heavy (non-hydrogen) atoms. The largest absolute Gasteiger partial charge is 0.375 e. The Morgan fingerprint density at radius 3 is 2.69 bits per heavy atom. The Morgan fingerprint density at radius 1 is 1.31 bits per heavy atom. The summed E-state index contributed by atoms with van der Waals surface area (Å²) in [6.07, 6.45) is 5.76. The molecule has 3 heteroatoms. The fraction of sp³-hybridized carbons (Fsp3) is 1.00. The van der Waals surface area contributed by atoms with Crippen molar-refractivity contribution in [3.8, 4) is 0 Å². The van der Waals surface area contributed by atoms with Crippen molar-refractivity contribution in [2.75, 3.05) is 26.3 Å². The summed E-state index contributed by atoms with van der Waals surface area (Å²) in [6, 6.07) is 0. The van der Waals surface area contributed by atoms with E-state index >= 15 is 0 Å². The second-order valence-corrected chi connectivity index (χ2v) is 5.89. The highest BCUT2D eigenvalue weighted by Crippen LogP contribution is 2.36. The first kappa shape index (κ1) is 12.3. The summed E-state index contributed by atoms with van der Waals surface area (Å²) in [5.74, 6) is 0. The Morgan fingerprint density at radius 2 is 2.06 bits per heavy atom. The maximum Gasteiger partial charge on any atom is 0.0933 e. The first-order chi connectivity index (χ1) is 7.66. The molecule has 1 saturated carbocycles. The van der Waals surface area contributed by atoms with Crippen molar-refractivity contribution >= 4 is 0 Å². The van der Waals surface area contributed by atoms with E-state index in [-0.39, 0.29) is 6.10 Å². The molecule has 1 saturated heterocycles. The molecular formula is C13H25NO2. The van der Waals surface area contributed by atoms with E-state index < -0.39 is 0 Å². The van der Waals surface area contributed by atoms with Gasteiger partial charge in [0.1, 0.15) is 0 Å². The van der Waals surface area contributed by atoms with E-state index in [0.717, 1.165) is 26.3 Å². The molecule has 3 nitrogen and oxygen atoms in total. The number of hydrogen-bond donors (Lipinski definition) is 1. The lowest BCUT2D eigenvalue weighted by atomic mass is 9.76. The van der Waals surface area contributed by atoms with E-state index in [0.29, 0.717) is 11.5 Å². The molecule has 1 unspecified atom stereocenters. The normalized spacial score (nSPS) is 31.5. The molecule has 2 fully saturated rings. The Kier molecular flexibility index (Phi) is 4.22. The Hall–Kier alpha value is -0.120. The van der Waals surface area contributed by atoms with Crippen molar-refractivity contribution < 1.29 is 9.47 Å². The predicted octanol–water partition coefficient (Wildman–Crippen LogP) is 1.96. The molecule has 0 aromatic rings. The van der Waals surface area contributed by atoms with Gasteiger partial charge in [0.2, 0.25) is 0 Å². The summed E-state index contributed by atoms with van der Waals surface area (Å²) >= 11 is 0. The van der Waals surface area contributed by atoms with Crippen LogP contribution < -0.4 is 5.32 Å². The van der Waals surface area contributed by atoms with Gasteiger partial charge in [0, 0.05) is 13.1 Å². The van der Waals surface area contributed by atoms with Crippen LogP contribution in [-0.4, -0.2) is 38.5 Å². The highest BCUT2D eigenvalue weighted by Gasteiger charge is 2.27. The van der Waals surface area contributed by atoms with Crippen LogP contribution in [0.15, 0.2) is 0 Å². The summed E-state index contributed by atoms with van der Waals surface area (Å²) in [7, 11) is 0. The molecule has 2 rings (SSSR count). The van der Waals surface area contributed by atoms with Crippen molar-refractivity contribution in [2.45, 2.75) is 51.7 Å². The van der Waals surface area contributed by atoms with Gasteiger partial charge in [-0.05, 0) is 31.1 Å². The third kappa shape index (κ3) is 3.72. The highest BCUT2D eigenvalue weighted by atomic mass is 16.5. The van der Waals surface area contributed by atoms with Gasteiger partial charge in [0.15, 0.2) is 0 Å². The van der Waals surface area contributed by atoms with Gasteiger partial charge in [-0.15, -0.1) is 0 Å². The van der Waals surface area contributed by atoms with Crippen molar-refractivity contribution in [1.82, 2.24) is 5.32 Å². The minimum atomic E-state index is 0.267. The fourth-order valence-corrected chi connectivity index (χ4v) is 2.51. The molecule has 94 valence electrons. The SMILES string of the molecule is CC1(C)CCC(OCC2CNCCO2)CC1. The monoisotopic (exact) mass is 227 g/mol. The summed E-state index contributed by atoms with van der Waals surface area (Å²) in [6.45, 7) is 8.23. The molecule has 1 aliphatic carbocycles. The van der Waals surface area contributed by atoms with E-state index in [4.69, 9.17) is 9.47 Å². The molecule has 0 aromatic carbocycles. The lowest BCUT2D eigenvalue weighted by Crippen LogP contribution is -2.42. The molecule has 1 N–H and O–H groups in total. The quantitative estimate of drug-likeness (QED) is 0.799. The Labute approximate surface area is 98.9 Å². The van der Waals surface area contributed by atoms with Gasteiger partial charge < -0.3 is 14.8 Å². The number of nitrogens with one attached hydrogen (secondary N) is 1.